The highest BCUT2D eigenvalue weighted by Crippen LogP contribution is 2.25. The molecule has 0 unspecified atom stereocenters. The first-order valence-corrected chi connectivity index (χ1v) is 5.45. The van der Waals surface area contributed by atoms with Crippen LogP contribution in [0.15, 0.2) is 34.9 Å². The molecule has 0 aliphatic heterocycles. The molecule has 90 valence electrons. The fraction of sp³-hybridized carbons (Fsp3) is 0.231. The van der Waals surface area contributed by atoms with E-state index in [1.807, 2.05) is 32.0 Å². The number of aromatic nitrogens is 1. The molecule has 4 heteroatoms. The largest absolute Gasteiger partial charge is 0.477 e. The molecule has 1 heterocycles. The summed E-state index contributed by atoms with van der Waals surface area (Å²) in [6.45, 7) is 5.61. The minimum atomic E-state index is -1.02. The summed E-state index contributed by atoms with van der Waals surface area (Å²) < 4.78 is 5.01. The van der Waals surface area contributed by atoms with Gasteiger partial charge in [0.05, 0.1) is 5.69 Å². The first kappa shape index (κ1) is 13.0. The smallest absolute Gasteiger partial charge is 0.341 e. The fourth-order valence-electron chi connectivity index (χ4n) is 1.41. The maximum Gasteiger partial charge on any atom is 0.341 e. The fourth-order valence-corrected chi connectivity index (χ4v) is 1.41. The molecule has 0 aliphatic rings. The molecular formula is C13H15NO3. The second-order valence-electron chi connectivity index (χ2n) is 3.14. The Kier molecular flexibility index (Phi) is 4.46. The van der Waals surface area contributed by atoms with Crippen molar-refractivity contribution < 1.29 is 14.4 Å². The quantitative estimate of drug-likeness (QED) is 0.863. The first-order chi connectivity index (χ1) is 8.20. The van der Waals surface area contributed by atoms with Crippen molar-refractivity contribution in [3.05, 3.63) is 41.6 Å². The van der Waals surface area contributed by atoms with Crippen molar-refractivity contribution in [2.24, 2.45) is 0 Å². The number of carbonyl (C=O) groups is 1. The van der Waals surface area contributed by atoms with Gasteiger partial charge in [0, 0.05) is 5.56 Å². The van der Waals surface area contributed by atoms with Crippen LogP contribution in [-0.4, -0.2) is 16.2 Å². The highest BCUT2D eigenvalue weighted by molar-refractivity contribution is 5.95. The summed E-state index contributed by atoms with van der Waals surface area (Å²) in [5.74, 6) is -0.715. The van der Waals surface area contributed by atoms with Crippen molar-refractivity contribution in [2.45, 2.75) is 20.8 Å². The number of hydrogen-bond donors (Lipinski definition) is 1. The molecule has 1 aromatic carbocycles. The topological polar surface area (TPSA) is 63.3 Å². The molecule has 0 bridgehead atoms. The summed E-state index contributed by atoms with van der Waals surface area (Å²) in [7, 11) is 0. The van der Waals surface area contributed by atoms with Gasteiger partial charge in [0.15, 0.2) is 5.76 Å². The Morgan fingerprint density at radius 1 is 1.24 bits per heavy atom. The van der Waals surface area contributed by atoms with E-state index in [4.69, 9.17) is 9.63 Å². The molecule has 0 fully saturated rings. The molecule has 2 rings (SSSR count). The summed E-state index contributed by atoms with van der Waals surface area (Å²) >= 11 is 0. The number of rotatable bonds is 2. The van der Waals surface area contributed by atoms with Gasteiger partial charge in [0.2, 0.25) is 0 Å². The third kappa shape index (κ3) is 2.72. The first-order valence-electron chi connectivity index (χ1n) is 5.45. The lowest BCUT2D eigenvalue weighted by Crippen LogP contribution is -1.98. The minimum absolute atomic E-state index is 0.126. The summed E-state index contributed by atoms with van der Waals surface area (Å²) in [4.78, 5) is 11.0. The Morgan fingerprint density at radius 2 is 1.82 bits per heavy atom. The number of aromatic carboxylic acids is 1. The second-order valence-corrected chi connectivity index (χ2v) is 3.14. The lowest BCUT2D eigenvalue weighted by molar-refractivity contribution is 0.0696. The van der Waals surface area contributed by atoms with E-state index in [1.54, 1.807) is 19.1 Å². The van der Waals surface area contributed by atoms with Crippen molar-refractivity contribution in [3.8, 4) is 11.3 Å². The molecule has 0 saturated carbocycles. The number of aryl methyl sites for hydroxylation is 1. The number of nitrogens with zero attached hydrogens (tertiary/aromatic N) is 1. The summed E-state index contributed by atoms with van der Waals surface area (Å²) in [6, 6.07) is 9.06. The lowest BCUT2D eigenvalue weighted by atomic mass is 10.1. The average Bonchev–Trinajstić information content (AvgIpc) is 2.75. The van der Waals surface area contributed by atoms with Crippen LogP contribution in [0.4, 0.5) is 0 Å². The van der Waals surface area contributed by atoms with E-state index in [9.17, 15) is 4.79 Å². The van der Waals surface area contributed by atoms with Gasteiger partial charge in [0.25, 0.3) is 0 Å². The Morgan fingerprint density at radius 3 is 2.35 bits per heavy atom. The predicted molar refractivity (Wildman–Crippen MR) is 65.0 cm³/mol. The maximum atomic E-state index is 11.0. The van der Waals surface area contributed by atoms with Crippen LogP contribution in [0.25, 0.3) is 11.3 Å². The number of benzene rings is 1. The molecule has 0 saturated heterocycles. The third-order valence-electron chi connectivity index (χ3n) is 2.11. The van der Waals surface area contributed by atoms with Gasteiger partial charge in [-0.3, -0.25) is 0 Å². The van der Waals surface area contributed by atoms with E-state index in [0.29, 0.717) is 11.5 Å². The van der Waals surface area contributed by atoms with E-state index in [2.05, 4.69) is 5.16 Å². The Bertz CT molecular complexity index is 489. The zero-order valence-corrected chi connectivity index (χ0v) is 10.1. The molecule has 0 atom stereocenters. The molecule has 4 nitrogen and oxygen atoms in total. The molecule has 2 aromatic rings. The number of carboxylic acids is 1. The van der Waals surface area contributed by atoms with Gasteiger partial charge in [-0.25, -0.2) is 4.79 Å². The summed E-state index contributed by atoms with van der Waals surface area (Å²) in [5.41, 5.74) is 1.23. The normalized spacial score (nSPS) is 9.35. The van der Waals surface area contributed by atoms with E-state index in [1.165, 1.54) is 0 Å². The molecule has 0 amide bonds. The number of carboxylic acid groups (broad SMARTS) is 1. The van der Waals surface area contributed by atoms with Crippen molar-refractivity contribution in [2.75, 3.05) is 0 Å². The van der Waals surface area contributed by atoms with E-state index in [0.717, 1.165) is 5.56 Å². The molecule has 0 aliphatic carbocycles. The summed E-state index contributed by atoms with van der Waals surface area (Å²) in [6.07, 6.45) is 0. The van der Waals surface area contributed by atoms with Crippen molar-refractivity contribution in [1.82, 2.24) is 5.16 Å². The Labute approximate surface area is 99.9 Å². The predicted octanol–water partition coefficient (Wildman–Crippen LogP) is 3.37. The van der Waals surface area contributed by atoms with E-state index < -0.39 is 5.97 Å². The standard InChI is InChI=1S/C11H9NO3.C2H6/c1-7-9(11(13)14)10(15-12-7)8-5-3-2-4-6-8;1-2/h2-6H,1H3,(H,13,14);1-2H3. The van der Waals surface area contributed by atoms with Gasteiger partial charge in [0.1, 0.15) is 5.56 Å². The van der Waals surface area contributed by atoms with Gasteiger partial charge in [-0.05, 0) is 6.92 Å². The molecule has 1 aromatic heterocycles. The Hall–Kier alpha value is -2.10. The second kappa shape index (κ2) is 5.84. The van der Waals surface area contributed by atoms with Crippen LogP contribution in [0.3, 0.4) is 0 Å². The highest BCUT2D eigenvalue weighted by Gasteiger charge is 2.20. The van der Waals surface area contributed by atoms with Crippen LogP contribution in [0.1, 0.15) is 29.9 Å². The number of hydrogen-bond acceptors (Lipinski definition) is 3. The van der Waals surface area contributed by atoms with Gasteiger partial charge in [-0.2, -0.15) is 0 Å². The van der Waals surface area contributed by atoms with Crippen LogP contribution >= 0.6 is 0 Å². The minimum Gasteiger partial charge on any atom is -0.477 e. The van der Waals surface area contributed by atoms with E-state index >= 15 is 0 Å². The molecule has 17 heavy (non-hydrogen) atoms. The van der Waals surface area contributed by atoms with Gasteiger partial charge in [-0.15, -0.1) is 0 Å². The SMILES string of the molecule is CC.Cc1noc(-c2ccccc2)c1C(=O)O. The molecule has 1 N–H and O–H groups in total. The van der Waals surface area contributed by atoms with Crippen LogP contribution in [0, 0.1) is 6.92 Å². The monoisotopic (exact) mass is 233 g/mol. The van der Waals surface area contributed by atoms with Crippen LogP contribution < -0.4 is 0 Å². The van der Waals surface area contributed by atoms with Crippen LogP contribution in [0.2, 0.25) is 0 Å². The highest BCUT2D eigenvalue weighted by atomic mass is 16.5. The van der Waals surface area contributed by atoms with Gasteiger partial charge >= 0.3 is 5.97 Å². The zero-order valence-electron chi connectivity index (χ0n) is 10.1. The maximum absolute atomic E-state index is 11.0. The van der Waals surface area contributed by atoms with Gasteiger partial charge in [-0.1, -0.05) is 49.3 Å². The van der Waals surface area contributed by atoms with Crippen molar-refractivity contribution in [1.29, 1.82) is 0 Å². The average molecular weight is 233 g/mol. The van der Waals surface area contributed by atoms with E-state index in [-0.39, 0.29) is 5.56 Å². The van der Waals surface area contributed by atoms with Crippen LogP contribution in [-0.2, 0) is 0 Å². The van der Waals surface area contributed by atoms with Gasteiger partial charge < -0.3 is 9.63 Å². The van der Waals surface area contributed by atoms with Crippen molar-refractivity contribution >= 4 is 5.97 Å². The van der Waals surface area contributed by atoms with Crippen molar-refractivity contribution in [3.63, 3.8) is 0 Å². The molecule has 0 radical (unpaired) electrons. The molecular weight excluding hydrogens is 218 g/mol. The Balaban J connectivity index is 0.000000686. The summed E-state index contributed by atoms with van der Waals surface area (Å²) in [5, 5.41) is 12.7. The molecule has 0 spiro atoms. The zero-order chi connectivity index (χ0) is 12.8. The third-order valence-corrected chi connectivity index (χ3v) is 2.11. The lowest BCUT2D eigenvalue weighted by Gasteiger charge is -1.96. The van der Waals surface area contributed by atoms with Crippen LogP contribution in [0.5, 0.6) is 0 Å².